The number of aryl methyl sites for hydroxylation is 2. The molecule has 80 valence electrons. The highest BCUT2D eigenvalue weighted by atomic mass is 16.1. The number of carbonyl (C=O) groups is 1. The first-order valence-corrected chi connectivity index (χ1v) is 5.18. The molecule has 0 radical (unpaired) electrons. The Kier molecular flexibility index (Phi) is 2.82. The SMILES string of the molecule is Cc1cc(C)cc(-c2cnccc2C=O)c1. The Morgan fingerprint density at radius 3 is 2.44 bits per heavy atom. The largest absolute Gasteiger partial charge is 0.298 e. The number of nitrogens with zero attached hydrogens (tertiary/aromatic N) is 1. The van der Waals surface area contributed by atoms with Crippen LogP contribution in [-0.2, 0) is 0 Å². The Labute approximate surface area is 95.0 Å². The molecular weight excluding hydrogens is 198 g/mol. The zero-order valence-corrected chi connectivity index (χ0v) is 9.40. The summed E-state index contributed by atoms with van der Waals surface area (Å²) in [6.07, 6.45) is 4.24. The molecule has 1 aromatic heterocycles. The number of hydrogen-bond acceptors (Lipinski definition) is 2. The Bertz CT molecular complexity index is 512. The molecule has 0 aliphatic heterocycles. The number of aromatic nitrogens is 1. The van der Waals surface area contributed by atoms with Crippen LogP contribution in [0.2, 0.25) is 0 Å². The van der Waals surface area contributed by atoms with Gasteiger partial charge < -0.3 is 0 Å². The Morgan fingerprint density at radius 2 is 1.81 bits per heavy atom. The minimum atomic E-state index is 0.681. The van der Waals surface area contributed by atoms with Crippen molar-refractivity contribution in [2.45, 2.75) is 13.8 Å². The third-order valence-electron chi connectivity index (χ3n) is 2.51. The molecule has 0 bridgehead atoms. The van der Waals surface area contributed by atoms with E-state index in [1.165, 1.54) is 11.1 Å². The predicted octanol–water partition coefficient (Wildman–Crippen LogP) is 3.18. The monoisotopic (exact) mass is 211 g/mol. The van der Waals surface area contributed by atoms with Crippen LogP contribution in [0.1, 0.15) is 21.5 Å². The van der Waals surface area contributed by atoms with E-state index in [0.29, 0.717) is 5.56 Å². The summed E-state index contributed by atoms with van der Waals surface area (Å²) in [4.78, 5) is 15.0. The van der Waals surface area contributed by atoms with Crippen molar-refractivity contribution in [1.29, 1.82) is 0 Å². The fourth-order valence-corrected chi connectivity index (χ4v) is 1.88. The average Bonchev–Trinajstić information content (AvgIpc) is 2.27. The van der Waals surface area contributed by atoms with Crippen molar-refractivity contribution in [2.24, 2.45) is 0 Å². The summed E-state index contributed by atoms with van der Waals surface area (Å²) in [6, 6.07) is 7.98. The number of aldehydes is 1. The van der Waals surface area contributed by atoms with E-state index in [1.54, 1.807) is 18.5 Å². The van der Waals surface area contributed by atoms with Crippen LogP contribution < -0.4 is 0 Å². The van der Waals surface area contributed by atoms with Crippen LogP contribution in [0, 0.1) is 13.8 Å². The summed E-state index contributed by atoms with van der Waals surface area (Å²) in [7, 11) is 0. The van der Waals surface area contributed by atoms with Crippen molar-refractivity contribution in [3.05, 3.63) is 53.3 Å². The van der Waals surface area contributed by atoms with Crippen molar-refractivity contribution in [3.8, 4) is 11.1 Å². The van der Waals surface area contributed by atoms with Crippen LogP contribution in [0.25, 0.3) is 11.1 Å². The van der Waals surface area contributed by atoms with E-state index < -0.39 is 0 Å². The summed E-state index contributed by atoms with van der Waals surface area (Å²) in [6.45, 7) is 4.10. The average molecular weight is 211 g/mol. The van der Waals surface area contributed by atoms with Gasteiger partial charge in [0.25, 0.3) is 0 Å². The quantitative estimate of drug-likeness (QED) is 0.714. The molecule has 2 rings (SSSR count). The summed E-state index contributed by atoms with van der Waals surface area (Å²) < 4.78 is 0. The fourth-order valence-electron chi connectivity index (χ4n) is 1.88. The molecule has 2 aromatic rings. The molecule has 16 heavy (non-hydrogen) atoms. The maximum atomic E-state index is 10.9. The number of benzene rings is 1. The Balaban J connectivity index is 2.62. The fraction of sp³-hybridized carbons (Fsp3) is 0.143. The number of rotatable bonds is 2. The zero-order valence-electron chi connectivity index (χ0n) is 9.40. The smallest absolute Gasteiger partial charge is 0.150 e. The van der Waals surface area contributed by atoms with Crippen LogP contribution in [0.3, 0.4) is 0 Å². The van der Waals surface area contributed by atoms with E-state index in [0.717, 1.165) is 17.4 Å². The Morgan fingerprint density at radius 1 is 1.12 bits per heavy atom. The van der Waals surface area contributed by atoms with Gasteiger partial charge in [0.2, 0.25) is 0 Å². The maximum absolute atomic E-state index is 10.9. The first kappa shape index (κ1) is 10.6. The molecule has 1 aromatic carbocycles. The van der Waals surface area contributed by atoms with Crippen LogP contribution in [0.5, 0.6) is 0 Å². The van der Waals surface area contributed by atoms with Gasteiger partial charge in [0.1, 0.15) is 0 Å². The van der Waals surface area contributed by atoms with Gasteiger partial charge in [-0.15, -0.1) is 0 Å². The van der Waals surface area contributed by atoms with E-state index in [9.17, 15) is 4.79 Å². The van der Waals surface area contributed by atoms with Gasteiger partial charge in [-0.3, -0.25) is 9.78 Å². The van der Waals surface area contributed by atoms with E-state index in [2.05, 4.69) is 23.2 Å². The van der Waals surface area contributed by atoms with E-state index in [-0.39, 0.29) is 0 Å². The van der Waals surface area contributed by atoms with E-state index >= 15 is 0 Å². The van der Waals surface area contributed by atoms with Gasteiger partial charge in [0.05, 0.1) is 0 Å². The summed E-state index contributed by atoms with van der Waals surface area (Å²) in [5.74, 6) is 0. The maximum Gasteiger partial charge on any atom is 0.150 e. The molecule has 0 aliphatic rings. The number of pyridine rings is 1. The zero-order chi connectivity index (χ0) is 11.5. The molecule has 0 aliphatic carbocycles. The first-order valence-electron chi connectivity index (χ1n) is 5.18. The molecule has 0 amide bonds. The van der Waals surface area contributed by atoms with Gasteiger partial charge in [0.15, 0.2) is 6.29 Å². The van der Waals surface area contributed by atoms with Gasteiger partial charge in [-0.25, -0.2) is 0 Å². The lowest BCUT2D eigenvalue weighted by Gasteiger charge is -2.06. The van der Waals surface area contributed by atoms with Crippen LogP contribution in [0.15, 0.2) is 36.7 Å². The summed E-state index contributed by atoms with van der Waals surface area (Å²) >= 11 is 0. The van der Waals surface area contributed by atoms with Crippen LogP contribution in [-0.4, -0.2) is 11.3 Å². The molecule has 2 heteroatoms. The topological polar surface area (TPSA) is 30.0 Å². The molecule has 0 N–H and O–H groups in total. The minimum Gasteiger partial charge on any atom is -0.298 e. The van der Waals surface area contributed by atoms with Crippen molar-refractivity contribution in [3.63, 3.8) is 0 Å². The molecule has 0 unspecified atom stereocenters. The lowest BCUT2D eigenvalue weighted by molar-refractivity contribution is 0.112. The molecule has 0 spiro atoms. The van der Waals surface area contributed by atoms with Gasteiger partial charge in [-0.2, -0.15) is 0 Å². The molecule has 2 nitrogen and oxygen atoms in total. The third kappa shape index (κ3) is 2.01. The third-order valence-corrected chi connectivity index (χ3v) is 2.51. The summed E-state index contributed by atoms with van der Waals surface area (Å²) in [5.41, 5.74) is 5.00. The van der Waals surface area contributed by atoms with Gasteiger partial charge in [-0.05, 0) is 25.5 Å². The standard InChI is InChI=1S/C14H13NO/c1-10-5-11(2)7-13(6-10)14-8-15-4-3-12(14)9-16/h3-9H,1-2H3. The van der Waals surface area contributed by atoms with E-state index in [1.807, 2.05) is 13.8 Å². The second-order valence-electron chi connectivity index (χ2n) is 3.96. The predicted molar refractivity (Wildman–Crippen MR) is 64.5 cm³/mol. The number of carbonyl (C=O) groups excluding carboxylic acids is 1. The Hall–Kier alpha value is -1.96. The molecule has 0 saturated carbocycles. The first-order chi connectivity index (χ1) is 7.70. The van der Waals surface area contributed by atoms with Gasteiger partial charge in [-0.1, -0.05) is 29.3 Å². The normalized spacial score (nSPS) is 10.1. The lowest BCUT2D eigenvalue weighted by atomic mass is 9.99. The second-order valence-corrected chi connectivity index (χ2v) is 3.96. The highest BCUT2D eigenvalue weighted by Crippen LogP contribution is 2.23. The van der Waals surface area contributed by atoms with Crippen LogP contribution >= 0.6 is 0 Å². The van der Waals surface area contributed by atoms with Crippen molar-refractivity contribution < 1.29 is 4.79 Å². The highest BCUT2D eigenvalue weighted by molar-refractivity contribution is 5.87. The number of hydrogen-bond donors (Lipinski definition) is 0. The van der Waals surface area contributed by atoms with Gasteiger partial charge in [0, 0.05) is 23.5 Å². The molecule has 0 saturated heterocycles. The second kappa shape index (κ2) is 4.27. The highest BCUT2D eigenvalue weighted by Gasteiger charge is 2.05. The molecule has 0 fully saturated rings. The van der Waals surface area contributed by atoms with E-state index in [4.69, 9.17) is 0 Å². The molecule has 0 atom stereocenters. The van der Waals surface area contributed by atoms with Crippen molar-refractivity contribution in [2.75, 3.05) is 0 Å². The van der Waals surface area contributed by atoms with Gasteiger partial charge >= 0.3 is 0 Å². The van der Waals surface area contributed by atoms with Crippen molar-refractivity contribution >= 4 is 6.29 Å². The van der Waals surface area contributed by atoms with Crippen LogP contribution in [0.4, 0.5) is 0 Å². The minimum absolute atomic E-state index is 0.681. The molecule has 1 heterocycles. The molecular formula is C14H13NO. The van der Waals surface area contributed by atoms with Crippen molar-refractivity contribution in [1.82, 2.24) is 4.98 Å². The lowest BCUT2D eigenvalue weighted by Crippen LogP contribution is -1.90. The summed E-state index contributed by atoms with van der Waals surface area (Å²) in [5, 5.41) is 0.